The van der Waals surface area contributed by atoms with Gasteiger partial charge < -0.3 is 5.32 Å². The Bertz CT molecular complexity index is 1750. The summed E-state index contributed by atoms with van der Waals surface area (Å²) in [6, 6.07) is 23.6. The van der Waals surface area contributed by atoms with Crippen LogP contribution < -0.4 is 10.6 Å². The van der Waals surface area contributed by atoms with Crippen molar-refractivity contribution in [3.63, 3.8) is 0 Å². The van der Waals surface area contributed by atoms with Crippen molar-refractivity contribution in [3.8, 4) is 22.3 Å². The molecule has 39 heavy (non-hydrogen) atoms. The highest BCUT2D eigenvalue weighted by atomic mass is 35.5. The van der Waals surface area contributed by atoms with Gasteiger partial charge in [0.25, 0.3) is 0 Å². The predicted molar refractivity (Wildman–Crippen MR) is 156 cm³/mol. The fraction of sp³-hybridized carbons (Fsp3) is 0.133. The molecule has 3 aromatic heterocycles. The number of benzene rings is 3. The molecule has 0 saturated heterocycles. The van der Waals surface area contributed by atoms with E-state index < -0.39 is 0 Å². The summed E-state index contributed by atoms with van der Waals surface area (Å²) in [5, 5.41) is 20.1. The number of pyridine rings is 1. The molecule has 0 fully saturated rings. The number of amides is 2. The maximum absolute atomic E-state index is 12.6. The number of rotatable bonds is 8. The number of hydrogen-bond acceptors (Lipinski definition) is 4. The minimum Gasteiger partial charge on any atom is -0.338 e. The largest absolute Gasteiger partial charge is 0.338 e. The number of anilines is 1. The Kier molecular flexibility index (Phi) is 6.93. The molecular weight excluding hydrogens is 510 g/mol. The van der Waals surface area contributed by atoms with Gasteiger partial charge in [-0.2, -0.15) is 10.2 Å². The van der Waals surface area contributed by atoms with Gasteiger partial charge in [-0.25, -0.2) is 4.79 Å². The Morgan fingerprint density at radius 2 is 1.77 bits per heavy atom. The normalized spacial score (nSPS) is 11.2. The van der Waals surface area contributed by atoms with Crippen LogP contribution >= 0.6 is 11.6 Å². The van der Waals surface area contributed by atoms with E-state index in [-0.39, 0.29) is 6.03 Å². The number of aryl methyl sites for hydroxylation is 1. The average Bonchev–Trinajstić information content (AvgIpc) is 3.56. The highest BCUT2D eigenvalue weighted by molar-refractivity contribution is 6.34. The molecule has 0 bridgehead atoms. The van der Waals surface area contributed by atoms with Crippen LogP contribution in [0.3, 0.4) is 0 Å². The summed E-state index contributed by atoms with van der Waals surface area (Å²) in [6.07, 6.45) is 7.24. The molecule has 9 heteroatoms. The number of H-pyrrole nitrogens is 1. The van der Waals surface area contributed by atoms with Crippen LogP contribution in [0.2, 0.25) is 5.02 Å². The first-order valence-corrected chi connectivity index (χ1v) is 13.2. The quantitative estimate of drug-likeness (QED) is 0.185. The molecule has 0 spiro atoms. The highest BCUT2D eigenvalue weighted by Crippen LogP contribution is 2.34. The molecule has 3 heterocycles. The summed E-state index contributed by atoms with van der Waals surface area (Å²) in [5.41, 5.74) is 5.92. The molecule has 0 aliphatic heterocycles. The summed E-state index contributed by atoms with van der Waals surface area (Å²) in [5.74, 6) is 0.462. The number of halogens is 1. The minimum atomic E-state index is -0.301. The molecule has 0 atom stereocenters. The molecule has 194 valence electrons. The third-order valence-electron chi connectivity index (χ3n) is 6.71. The average molecular weight is 536 g/mol. The van der Waals surface area contributed by atoms with E-state index in [4.69, 9.17) is 11.6 Å². The SMILES string of the molecule is O=C(NCCCCn1ncc2c(-c3cccnc3)cccc21)Nc1n[nH]c2cc(Cl)c(-c3ccccc3)cc12. The smallest absolute Gasteiger partial charge is 0.320 e. The number of fused-ring (bicyclic) bond motifs is 2. The lowest BCUT2D eigenvalue weighted by Crippen LogP contribution is -2.29. The number of aromatic nitrogens is 5. The van der Waals surface area contributed by atoms with Gasteiger partial charge in [0.15, 0.2) is 5.82 Å². The molecule has 0 radical (unpaired) electrons. The van der Waals surface area contributed by atoms with Crippen LogP contribution in [-0.2, 0) is 6.54 Å². The molecule has 2 amide bonds. The summed E-state index contributed by atoms with van der Waals surface area (Å²) >= 11 is 6.50. The number of nitrogens with zero attached hydrogens (tertiary/aromatic N) is 4. The molecule has 0 unspecified atom stereocenters. The summed E-state index contributed by atoms with van der Waals surface area (Å²) in [6.45, 7) is 1.30. The van der Waals surface area contributed by atoms with E-state index in [9.17, 15) is 4.79 Å². The first kappa shape index (κ1) is 24.6. The number of carbonyl (C=O) groups is 1. The fourth-order valence-electron chi connectivity index (χ4n) is 4.77. The van der Waals surface area contributed by atoms with E-state index in [0.717, 1.165) is 63.4 Å². The van der Waals surface area contributed by atoms with Crippen LogP contribution in [0.15, 0.2) is 91.4 Å². The first-order chi connectivity index (χ1) is 19.2. The van der Waals surface area contributed by atoms with E-state index in [1.54, 1.807) is 6.20 Å². The number of nitrogens with one attached hydrogen (secondary N) is 3. The number of carbonyl (C=O) groups excluding carboxylic acids is 1. The molecule has 3 N–H and O–H groups in total. The Labute approximate surface area is 230 Å². The molecule has 6 aromatic rings. The third kappa shape index (κ3) is 5.19. The van der Waals surface area contributed by atoms with Gasteiger partial charge in [0.2, 0.25) is 0 Å². The van der Waals surface area contributed by atoms with E-state index in [0.29, 0.717) is 17.4 Å². The first-order valence-electron chi connectivity index (χ1n) is 12.8. The van der Waals surface area contributed by atoms with Gasteiger partial charge in [-0.05, 0) is 48.2 Å². The molecule has 0 aliphatic rings. The number of hydrogen-bond donors (Lipinski definition) is 3. The standard InChI is InChI=1S/C30H26ClN7O/c31-26-17-27-24(16-23(26)20-8-2-1-3-9-20)29(37-36-27)35-30(39)33-14-4-5-15-38-28-12-6-11-22(25(28)19-34-38)21-10-7-13-32-18-21/h1-3,6-13,16-19H,4-5,14-15H2,(H3,33,35,36,37,39). The van der Waals surface area contributed by atoms with Crippen molar-refractivity contribution in [2.45, 2.75) is 19.4 Å². The van der Waals surface area contributed by atoms with Crippen molar-refractivity contribution < 1.29 is 4.79 Å². The van der Waals surface area contributed by atoms with Crippen molar-refractivity contribution in [2.75, 3.05) is 11.9 Å². The van der Waals surface area contributed by atoms with E-state index >= 15 is 0 Å². The maximum Gasteiger partial charge on any atom is 0.320 e. The van der Waals surface area contributed by atoms with E-state index in [1.165, 1.54) is 0 Å². The maximum atomic E-state index is 12.6. The van der Waals surface area contributed by atoms with Crippen molar-refractivity contribution in [2.24, 2.45) is 0 Å². The van der Waals surface area contributed by atoms with E-state index in [1.807, 2.05) is 71.7 Å². The summed E-state index contributed by atoms with van der Waals surface area (Å²) in [4.78, 5) is 16.8. The van der Waals surface area contributed by atoms with Gasteiger partial charge >= 0.3 is 6.03 Å². The zero-order chi connectivity index (χ0) is 26.6. The van der Waals surface area contributed by atoms with Crippen molar-refractivity contribution in [3.05, 3.63) is 96.4 Å². The van der Waals surface area contributed by atoms with Crippen molar-refractivity contribution >= 4 is 45.3 Å². The van der Waals surface area contributed by atoms with Gasteiger partial charge in [-0.15, -0.1) is 0 Å². The monoisotopic (exact) mass is 535 g/mol. The number of aromatic amines is 1. The summed E-state index contributed by atoms with van der Waals surface area (Å²) < 4.78 is 2.01. The molecule has 0 aliphatic carbocycles. The second-order valence-corrected chi connectivity index (χ2v) is 9.66. The second-order valence-electron chi connectivity index (χ2n) is 9.25. The topological polar surface area (TPSA) is 101 Å². The molecule has 8 nitrogen and oxygen atoms in total. The Morgan fingerprint density at radius 1 is 0.897 bits per heavy atom. The van der Waals surface area contributed by atoms with Gasteiger partial charge in [0.1, 0.15) is 0 Å². The lowest BCUT2D eigenvalue weighted by molar-refractivity contribution is 0.251. The zero-order valence-corrected chi connectivity index (χ0v) is 21.8. The third-order valence-corrected chi connectivity index (χ3v) is 7.02. The van der Waals surface area contributed by atoms with Crippen LogP contribution in [-0.4, -0.2) is 37.5 Å². The van der Waals surface area contributed by atoms with Crippen LogP contribution in [0, 0.1) is 0 Å². The molecule has 6 rings (SSSR count). The molecule has 3 aromatic carbocycles. The zero-order valence-electron chi connectivity index (χ0n) is 21.1. The van der Waals surface area contributed by atoms with Crippen LogP contribution in [0.25, 0.3) is 44.1 Å². The van der Waals surface area contributed by atoms with Crippen LogP contribution in [0.5, 0.6) is 0 Å². The predicted octanol–water partition coefficient (Wildman–Crippen LogP) is 6.90. The highest BCUT2D eigenvalue weighted by Gasteiger charge is 2.13. The fourth-order valence-corrected chi connectivity index (χ4v) is 5.04. The van der Waals surface area contributed by atoms with Crippen molar-refractivity contribution in [1.29, 1.82) is 0 Å². The Balaban J connectivity index is 1.04. The lowest BCUT2D eigenvalue weighted by Gasteiger charge is -2.08. The number of unbranched alkanes of at least 4 members (excludes halogenated alkanes) is 1. The van der Waals surface area contributed by atoms with Crippen molar-refractivity contribution in [1.82, 2.24) is 30.3 Å². The van der Waals surface area contributed by atoms with E-state index in [2.05, 4.69) is 49.1 Å². The second kappa shape index (κ2) is 11.0. The van der Waals surface area contributed by atoms with Gasteiger partial charge in [0.05, 0.1) is 22.3 Å². The molecular formula is C30H26ClN7O. The minimum absolute atomic E-state index is 0.301. The number of urea groups is 1. The van der Waals surface area contributed by atoms with Gasteiger partial charge in [0, 0.05) is 47.4 Å². The van der Waals surface area contributed by atoms with Gasteiger partial charge in [-0.3, -0.25) is 20.1 Å². The van der Waals surface area contributed by atoms with Crippen LogP contribution in [0.4, 0.5) is 10.6 Å². The Morgan fingerprint density at radius 3 is 2.62 bits per heavy atom. The van der Waals surface area contributed by atoms with Gasteiger partial charge in [-0.1, -0.05) is 60.1 Å². The molecule has 0 saturated carbocycles. The lowest BCUT2D eigenvalue weighted by atomic mass is 10.0. The Hall–Kier alpha value is -4.69. The van der Waals surface area contributed by atoms with Crippen LogP contribution in [0.1, 0.15) is 12.8 Å². The summed E-state index contributed by atoms with van der Waals surface area (Å²) in [7, 11) is 0.